The summed E-state index contributed by atoms with van der Waals surface area (Å²) in [5, 5.41) is 34.8. The number of rotatable bonds is 2. The number of nitrogens with one attached hydrogen (secondary N) is 1. The summed E-state index contributed by atoms with van der Waals surface area (Å²) in [6, 6.07) is 12.9. The van der Waals surface area contributed by atoms with Crippen LogP contribution in [0.4, 0.5) is 11.4 Å². The summed E-state index contributed by atoms with van der Waals surface area (Å²) >= 11 is 0. The van der Waals surface area contributed by atoms with E-state index in [9.17, 15) is 10.2 Å². The van der Waals surface area contributed by atoms with E-state index in [0.29, 0.717) is 24.1 Å². The Morgan fingerprint density at radius 2 is 2.04 bits per heavy atom. The molecule has 4 atom stereocenters. The lowest BCUT2D eigenvalue weighted by Gasteiger charge is -2.51. The molecule has 1 aliphatic carbocycles. The molecule has 28 heavy (non-hydrogen) atoms. The van der Waals surface area contributed by atoms with E-state index in [1.54, 1.807) is 12.1 Å². The number of anilines is 1. The molecule has 0 amide bonds. The minimum atomic E-state index is -1.29. The van der Waals surface area contributed by atoms with Crippen molar-refractivity contribution in [2.45, 2.75) is 50.4 Å². The molecule has 1 fully saturated rings. The lowest BCUT2D eigenvalue weighted by Crippen LogP contribution is -2.63. The average molecular weight is 373 g/mol. The molecule has 1 aliphatic heterocycles. The van der Waals surface area contributed by atoms with E-state index in [1.165, 1.54) is 0 Å². The predicted molar refractivity (Wildman–Crippen MR) is 107 cm³/mol. The molecule has 0 radical (unpaired) electrons. The Morgan fingerprint density at radius 1 is 1.29 bits per heavy atom. The Labute approximate surface area is 165 Å². The lowest BCUT2D eigenvalue weighted by atomic mass is 9.66. The number of aryl methyl sites for hydroxylation is 1. The fraction of sp³-hybridized carbons (Fsp3) is 0.391. The van der Waals surface area contributed by atoms with Crippen molar-refractivity contribution in [3.8, 4) is 6.07 Å². The van der Waals surface area contributed by atoms with Gasteiger partial charge in [0.1, 0.15) is 5.60 Å². The van der Waals surface area contributed by atoms with Crippen molar-refractivity contribution >= 4 is 11.4 Å². The third-order valence-electron chi connectivity index (χ3n) is 6.30. The van der Waals surface area contributed by atoms with Crippen molar-refractivity contribution in [2.75, 3.05) is 5.32 Å². The molecule has 0 aromatic heterocycles. The standard InChI is InChI=1S/C23H23N3O2/c1-14-9-20-18(11-19(14)25-2)10-17-7-8-21(27)23(28,22(17)26-20)12-15-3-5-16(13-24)6-4-15/h3-6,9,11,17,21-22,26-28H,7-8,10,12H2,1H3/t17?,21?,22?,23-/m1/s1. The summed E-state index contributed by atoms with van der Waals surface area (Å²) in [5.41, 5.74) is 3.81. The van der Waals surface area contributed by atoms with E-state index >= 15 is 0 Å². The van der Waals surface area contributed by atoms with Gasteiger partial charge in [0.15, 0.2) is 5.69 Å². The summed E-state index contributed by atoms with van der Waals surface area (Å²) in [5.74, 6) is 0.195. The Hall–Kier alpha value is -2.86. The molecule has 0 spiro atoms. The molecule has 1 heterocycles. The molecule has 4 rings (SSSR count). The van der Waals surface area contributed by atoms with Crippen LogP contribution in [0.25, 0.3) is 4.85 Å². The maximum Gasteiger partial charge on any atom is 0.190 e. The highest BCUT2D eigenvalue weighted by Gasteiger charge is 2.51. The number of hydrogen-bond acceptors (Lipinski definition) is 4. The van der Waals surface area contributed by atoms with Crippen LogP contribution < -0.4 is 5.32 Å². The Balaban J connectivity index is 1.67. The Kier molecular flexibility index (Phi) is 4.59. The predicted octanol–water partition coefficient (Wildman–Crippen LogP) is 3.50. The Bertz CT molecular complexity index is 987. The van der Waals surface area contributed by atoms with Gasteiger partial charge in [0.2, 0.25) is 0 Å². The molecule has 2 aliphatic rings. The van der Waals surface area contributed by atoms with E-state index < -0.39 is 11.7 Å². The van der Waals surface area contributed by atoms with Gasteiger partial charge in [-0.2, -0.15) is 5.26 Å². The number of fused-ring (bicyclic) bond motifs is 2. The number of nitriles is 1. The zero-order valence-corrected chi connectivity index (χ0v) is 15.8. The Morgan fingerprint density at radius 3 is 2.71 bits per heavy atom. The van der Waals surface area contributed by atoms with Gasteiger partial charge in [-0.05, 0) is 67.0 Å². The second-order valence-corrected chi connectivity index (χ2v) is 8.06. The highest BCUT2D eigenvalue weighted by Crippen LogP contribution is 2.44. The first-order valence-electron chi connectivity index (χ1n) is 9.61. The topological polar surface area (TPSA) is 80.6 Å². The minimum Gasteiger partial charge on any atom is -0.390 e. The van der Waals surface area contributed by atoms with Crippen LogP contribution in [0.1, 0.15) is 35.1 Å². The van der Waals surface area contributed by atoms with Crippen LogP contribution in [-0.4, -0.2) is 28.0 Å². The maximum absolute atomic E-state index is 11.6. The number of aliphatic hydroxyl groups excluding tert-OH is 1. The molecular weight excluding hydrogens is 350 g/mol. The number of aliphatic hydroxyl groups is 2. The third kappa shape index (κ3) is 3.03. The summed E-state index contributed by atoms with van der Waals surface area (Å²) in [6.45, 7) is 9.26. The SMILES string of the molecule is [C-]#[N+]c1cc2c(cc1C)NC1C(CCC(O)[C@]1(O)Cc1ccc(C#N)cc1)C2. The van der Waals surface area contributed by atoms with Crippen molar-refractivity contribution in [3.05, 3.63) is 70.1 Å². The summed E-state index contributed by atoms with van der Waals surface area (Å²) in [6.07, 6.45) is 1.67. The number of benzene rings is 2. The monoisotopic (exact) mass is 373 g/mol. The van der Waals surface area contributed by atoms with Crippen LogP contribution in [0.2, 0.25) is 0 Å². The van der Waals surface area contributed by atoms with Crippen LogP contribution >= 0.6 is 0 Å². The van der Waals surface area contributed by atoms with Gasteiger partial charge in [0.05, 0.1) is 30.4 Å². The van der Waals surface area contributed by atoms with Gasteiger partial charge in [0, 0.05) is 12.1 Å². The van der Waals surface area contributed by atoms with Crippen LogP contribution in [0.15, 0.2) is 36.4 Å². The quantitative estimate of drug-likeness (QED) is 0.704. The summed E-state index contributed by atoms with van der Waals surface area (Å²) in [4.78, 5) is 3.60. The van der Waals surface area contributed by atoms with E-state index in [-0.39, 0.29) is 12.0 Å². The molecule has 3 unspecified atom stereocenters. The van der Waals surface area contributed by atoms with E-state index in [0.717, 1.165) is 35.2 Å². The van der Waals surface area contributed by atoms with Gasteiger partial charge in [0.25, 0.3) is 0 Å². The van der Waals surface area contributed by atoms with E-state index in [1.807, 2.05) is 31.2 Å². The van der Waals surface area contributed by atoms with E-state index in [2.05, 4.69) is 16.2 Å². The molecule has 0 saturated heterocycles. The maximum atomic E-state index is 11.6. The van der Waals surface area contributed by atoms with Crippen molar-refractivity contribution in [1.82, 2.24) is 0 Å². The molecule has 5 nitrogen and oxygen atoms in total. The third-order valence-corrected chi connectivity index (χ3v) is 6.30. The largest absolute Gasteiger partial charge is 0.390 e. The fourth-order valence-corrected chi connectivity index (χ4v) is 4.73. The van der Waals surface area contributed by atoms with E-state index in [4.69, 9.17) is 11.8 Å². The van der Waals surface area contributed by atoms with Crippen molar-refractivity contribution < 1.29 is 10.2 Å². The average Bonchev–Trinajstić information content (AvgIpc) is 2.70. The van der Waals surface area contributed by atoms with Gasteiger partial charge in [-0.15, -0.1) is 0 Å². The number of hydrogen-bond donors (Lipinski definition) is 3. The molecule has 3 N–H and O–H groups in total. The molecule has 2 aromatic rings. The molecule has 142 valence electrons. The molecule has 0 bridgehead atoms. The van der Waals surface area contributed by atoms with Crippen molar-refractivity contribution in [1.29, 1.82) is 5.26 Å². The highest BCUT2D eigenvalue weighted by atomic mass is 16.3. The molecule has 2 aromatic carbocycles. The zero-order valence-electron chi connectivity index (χ0n) is 15.8. The van der Waals surface area contributed by atoms with Crippen LogP contribution in [0, 0.1) is 30.7 Å². The van der Waals surface area contributed by atoms with Gasteiger partial charge in [-0.1, -0.05) is 18.2 Å². The van der Waals surface area contributed by atoms with Crippen molar-refractivity contribution in [3.63, 3.8) is 0 Å². The number of nitrogens with zero attached hydrogens (tertiary/aromatic N) is 2. The zero-order chi connectivity index (χ0) is 19.9. The van der Waals surface area contributed by atoms with Gasteiger partial charge >= 0.3 is 0 Å². The molecule has 1 saturated carbocycles. The molecule has 5 heteroatoms. The normalized spacial score (nSPS) is 28.2. The molecular formula is C23H23N3O2. The second-order valence-electron chi connectivity index (χ2n) is 8.06. The summed E-state index contributed by atoms with van der Waals surface area (Å²) in [7, 11) is 0. The van der Waals surface area contributed by atoms with Gasteiger partial charge in [-0.25, -0.2) is 4.85 Å². The van der Waals surface area contributed by atoms with Crippen LogP contribution in [-0.2, 0) is 12.8 Å². The lowest BCUT2D eigenvalue weighted by molar-refractivity contribution is -0.122. The highest BCUT2D eigenvalue weighted by molar-refractivity contribution is 5.66. The second kappa shape index (κ2) is 6.95. The van der Waals surface area contributed by atoms with Crippen LogP contribution in [0.3, 0.4) is 0 Å². The van der Waals surface area contributed by atoms with Crippen molar-refractivity contribution in [2.24, 2.45) is 5.92 Å². The van der Waals surface area contributed by atoms with Gasteiger partial charge in [-0.3, -0.25) is 0 Å². The van der Waals surface area contributed by atoms with Gasteiger partial charge < -0.3 is 15.5 Å². The fourth-order valence-electron chi connectivity index (χ4n) is 4.73. The first-order valence-corrected chi connectivity index (χ1v) is 9.61. The first-order chi connectivity index (χ1) is 13.4. The smallest absolute Gasteiger partial charge is 0.190 e. The first kappa shape index (κ1) is 18.5. The minimum absolute atomic E-state index is 0.195. The van der Waals surface area contributed by atoms with Crippen LogP contribution in [0.5, 0.6) is 0 Å². The summed E-state index contributed by atoms with van der Waals surface area (Å²) < 4.78 is 0.